The average molecular weight is 673 g/mol. The lowest BCUT2D eigenvalue weighted by Gasteiger charge is -2.29. The van der Waals surface area contributed by atoms with Crippen LogP contribution in [0.5, 0.6) is 0 Å². The molecule has 1 aliphatic rings. The van der Waals surface area contributed by atoms with Crippen LogP contribution in [0.2, 0.25) is 0 Å². The predicted octanol–water partition coefficient (Wildman–Crippen LogP) is 4.39. The molecular formula is C37H48N6O6. The number of alkyl carbamates (subject to hydrolysis) is 1. The van der Waals surface area contributed by atoms with Gasteiger partial charge < -0.3 is 25.8 Å². The number of hydrogen-bond acceptors (Lipinski definition) is 8. The Morgan fingerprint density at radius 2 is 1.65 bits per heavy atom. The monoisotopic (exact) mass is 672 g/mol. The topological polar surface area (TPSA) is 158 Å². The molecule has 3 aromatic carbocycles. The summed E-state index contributed by atoms with van der Waals surface area (Å²) in [6.07, 6.45) is 0.956. The van der Waals surface area contributed by atoms with E-state index in [1.54, 1.807) is 20.0 Å². The van der Waals surface area contributed by atoms with Crippen LogP contribution >= 0.6 is 0 Å². The Morgan fingerprint density at radius 3 is 2.35 bits per heavy atom. The van der Waals surface area contributed by atoms with E-state index in [1.807, 2.05) is 91.5 Å². The van der Waals surface area contributed by atoms with Gasteiger partial charge in [0.25, 0.3) is 5.91 Å². The lowest BCUT2D eigenvalue weighted by atomic mass is 10.0. The summed E-state index contributed by atoms with van der Waals surface area (Å²) < 4.78 is 5.45. The number of aliphatic hydroxyl groups excluding tert-OH is 1. The lowest BCUT2D eigenvalue weighted by molar-refractivity contribution is -0.143. The second kappa shape index (κ2) is 17.5. The number of carbonyl (C=O) groups is 4. The van der Waals surface area contributed by atoms with Crippen LogP contribution < -0.4 is 21.4 Å². The quantitative estimate of drug-likeness (QED) is 0.184. The van der Waals surface area contributed by atoms with Gasteiger partial charge in [-0.2, -0.15) is 0 Å². The molecule has 3 aromatic rings. The molecule has 4 amide bonds. The van der Waals surface area contributed by atoms with Crippen molar-refractivity contribution in [3.63, 3.8) is 0 Å². The van der Waals surface area contributed by atoms with Crippen LogP contribution in [0.1, 0.15) is 58.9 Å². The van der Waals surface area contributed by atoms with Gasteiger partial charge in [-0.25, -0.2) is 4.79 Å². The molecule has 0 radical (unpaired) electrons. The van der Waals surface area contributed by atoms with E-state index in [0.29, 0.717) is 18.0 Å². The van der Waals surface area contributed by atoms with E-state index in [1.165, 1.54) is 4.90 Å². The van der Waals surface area contributed by atoms with Crippen LogP contribution in [-0.4, -0.2) is 70.2 Å². The summed E-state index contributed by atoms with van der Waals surface area (Å²) in [5.41, 5.74) is 10.7. The standard InChI is InChI=1S/C37H48N6O6/c1-5-43(34(45)21-30(44)19-18-25(2)3)40-35(46)32(39-37(48)49-23-27-12-7-6-8-13-27)20-29-22-41(36(47)26(4)38)24-42(29)33-17-11-15-28-14-9-10-16-31(28)33/h6-17,22,25-26,30,32,44H,5,18-21,23-24,38H2,1-4H3,(H,39,48)(H,40,46)/t26-,30-,32-/m0/s1. The van der Waals surface area contributed by atoms with Gasteiger partial charge in [-0.3, -0.25) is 29.7 Å². The summed E-state index contributed by atoms with van der Waals surface area (Å²) in [4.78, 5) is 56.6. The number of anilines is 1. The molecule has 1 heterocycles. The van der Waals surface area contributed by atoms with Crippen molar-refractivity contribution >= 4 is 40.3 Å². The number of nitrogens with zero attached hydrogens (tertiary/aromatic N) is 3. The summed E-state index contributed by atoms with van der Waals surface area (Å²) in [6, 6.07) is 20.8. The fourth-order valence-electron chi connectivity index (χ4n) is 5.56. The zero-order chi connectivity index (χ0) is 35.5. The van der Waals surface area contributed by atoms with Crippen LogP contribution in [0.3, 0.4) is 0 Å². The van der Waals surface area contributed by atoms with Gasteiger partial charge in [0.1, 0.15) is 19.3 Å². The highest BCUT2D eigenvalue weighted by Gasteiger charge is 2.33. The molecule has 0 bridgehead atoms. The van der Waals surface area contributed by atoms with E-state index >= 15 is 0 Å². The van der Waals surface area contributed by atoms with Gasteiger partial charge in [0, 0.05) is 30.2 Å². The van der Waals surface area contributed by atoms with Gasteiger partial charge in [-0.15, -0.1) is 0 Å². The molecule has 0 spiro atoms. The number of amides is 4. The molecule has 49 heavy (non-hydrogen) atoms. The maximum atomic E-state index is 13.9. The van der Waals surface area contributed by atoms with Gasteiger partial charge in [0.15, 0.2) is 0 Å². The Labute approximate surface area is 287 Å². The first-order valence-corrected chi connectivity index (χ1v) is 16.7. The molecule has 262 valence electrons. The fraction of sp³-hybridized carbons (Fsp3) is 0.405. The molecule has 0 unspecified atom stereocenters. The number of hydrazine groups is 1. The van der Waals surface area contributed by atoms with E-state index in [9.17, 15) is 24.3 Å². The van der Waals surface area contributed by atoms with Gasteiger partial charge in [0.2, 0.25) is 11.8 Å². The third kappa shape index (κ3) is 10.3. The third-order valence-electron chi connectivity index (χ3n) is 8.26. The number of benzene rings is 3. The largest absolute Gasteiger partial charge is 0.445 e. The highest BCUT2D eigenvalue weighted by Crippen LogP contribution is 2.34. The molecule has 1 aliphatic heterocycles. The Bertz CT molecular complexity index is 1620. The van der Waals surface area contributed by atoms with Crippen LogP contribution in [0.25, 0.3) is 10.8 Å². The van der Waals surface area contributed by atoms with Gasteiger partial charge in [-0.05, 0) is 49.6 Å². The number of nitrogens with two attached hydrogens (primary N) is 1. The lowest BCUT2D eigenvalue weighted by Crippen LogP contribution is -2.55. The van der Waals surface area contributed by atoms with Crippen molar-refractivity contribution in [2.75, 3.05) is 18.1 Å². The first-order valence-electron chi connectivity index (χ1n) is 16.7. The number of carbonyl (C=O) groups excluding carboxylic acids is 4. The van der Waals surface area contributed by atoms with Gasteiger partial charge in [0.05, 0.1) is 24.3 Å². The van der Waals surface area contributed by atoms with Crippen molar-refractivity contribution in [2.24, 2.45) is 11.7 Å². The molecule has 12 heteroatoms. The number of hydrogen-bond donors (Lipinski definition) is 4. The van der Waals surface area contributed by atoms with Crippen LogP contribution in [0, 0.1) is 5.92 Å². The van der Waals surface area contributed by atoms with Crippen LogP contribution in [0.4, 0.5) is 10.5 Å². The van der Waals surface area contributed by atoms with Crippen LogP contribution in [-0.2, 0) is 25.7 Å². The van der Waals surface area contributed by atoms with Crippen molar-refractivity contribution in [2.45, 2.75) is 78.2 Å². The second-order valence-electron chi connectivity index (χ2n) is 12.7. The van der Waals surface area contributed by atoms with Crippen molar-refractivity contribution < 1.29 is 29.0 Å². The minimum atomic E-state index is -1.22. The molecule has 3 atom stereocenters. The molecule has 12 nitrogen and oxygen atoms in total. The smallest absolute Gasteiger partial charge is 0.408 e. The Balaban J connectivity index is 1.61. The van der Waals surface area contributed by atoms with Crippen LogP contribution in [0.15, 0.2) is 84.7 Å². The number of ether oxygens (including phenoxy) is 1. The zero-order valence-electron chi connectivity index (χ0n) is 28.7. The van der Waals surface area contributed by atoms with Gasteiger partial charge in [-0.1, -0.05) is 80.6 Å². The number of nitrogens with one attached hydrogen (secondary N) is 2. The number of rotatable bonds is 14. The Morgan fingerprint density at radius 1 is 0.959 bits per heavy atom. The zero-order valence-corrected chi connectivity index (χ0v) is 28.7. The molecule has 0 aliphatic carbocycles. The summed E-state index contributed by atoms with van der Waals surface area (Å²) in [6.45, 7) is 7.65. The number of aliphatic hydroxyl groups is 1. The van der Waals surface area contributed by atoms with E-state index < -0.39 is 36.1 Å². The van der Waals surface area contributed by atoms with Crippen molar-refractivity contribution in [3.8, 4) is 0 Å². The SMILES string of the molecule is CCN(NC(=O)[C@H](CC1=CN(C(=O)[C@H](C)N)CN1c1cccc2ccccc12)NC(=O)OCc1ccccc1)C(=O)C[C@@H](O)CCC(C)C. The summed E-state index contributed by atoms with van der Waals surface area (Å²) in [5.74, 6) is -1.06. The molecule has 0 aromatic heterocycles. The minimum absolute atomic E-state index is 0.0175. The van der Waals surface area contributed by atoms with E-state index in [4.69, 9.17) is 10.5 Å². The average Bonchev–Trinajstić information content (AvgIpc) is 3.51. The third-order valence-corrected chi connectivity index (χ3v) is 8.26. The predicted molar refractivity (Wildman–Crippen MR) is 188 cm³/mol. The molecule has 0 fully saturated rings. The maximum absolute atomic E-state index is 13.9. The molecule has 0 saturated carbocycles. The molecular weight excluding hydrogens is 624 g/mol. The highest BCUT2D eigenvalue weighted by molar-refractivity contribution is 5.96. The molecule has 0 saturated heterocycles. The maximum Gasteiger partial charge on any atom is 0.408 e. The van der Waals surface area contributed by atoms with E-state index in [-0.39, 0.29) is 38.6 Å². The highest BCUT2D eigenvalue weighted by atomic mass is 16.5. The summed E-state index contributed by atoms with van der Waals surface area (Å²) >= 11 is 0. The van der Waals surface area contributed by atoms with E-state index in [2.05, 4.69) is 10.7 Å². The second-order valence-corrected chi connectivity index (χ2v) is 12.7. The first-order chi connectivity index (χ1) is 23.5. The fourth-order valence-corrected chi connectivity index (χ4v) is 5.56. The number of fused-ring (bicyclic) bond motifs is 1. The molecule has 5 N–H and O–H groups in total. The van der Waals surface area contributed by atoms with Gasteiger partial charge >= 0.3 is 6.09 Å². The Kier molecular flexibility index (Phi) is 13.1. The van der Waals surface area contributed by atoms with Crippen molar-refractivity contribution in [3.05, 3.63) is 90.3 Å². The summed E-state index contributed by atoms with van der Waals surface area (Å²) in [5, 5.41) is 16.2. The summed E-state index contributed by atoms with van der Waals surface area (Å²) in [7, 11) is 0. The van der Waals surface area contributed by atoms with Crippen molar-refractivity contribution in [1.29, 1.82) is 0 Å². The Hall–Kier alpha value is -4.94. The first kappa shape index (κ1) is 36.9. The molecule has 4 rings (SSSR count). The van der Waals surface area contributed by atoms with E-state index in [0.717, 1.165) is 33.5 Å². The normalized spacial score (nSPS) is 14.6. The van der Waals surface area contributed by atoms with Crippen molar-refractivity contribution in [1.82, 2.24) is 20.7 Å². The minimum Gasteiger partial charge on any atom is -0.445 e.